The molecule has 0 aliphatic carbocycles. The Morgan fingerprint density at radius 3 is 2.89 bits per heavy atom. The third-order valence-electron chi connectivity index (χ3n) is 2.46. The summed E-state index contributed by atoms with van der Waals surface area (Å²) < 4.78 is 0. The molecular formula is C12H19N3O2S. The number of aromatic nitrogens is 2. The van der Waals surface area contributed by atoms with Crippen LogP contribution in [-0.4, -0.2) is 39.6 Å². The van der Waals surface area contributed by atoms with Gasteiger partial charge in [0.1, 0.15) is 17.2 Å². The summed E-state index contributed by atoms with van der Waals surface area (Å²) in [6, 6.07) is 0. The Labute approximate surface area is 111 Å². The second kappa shape index (κ2) is 7.92. The molecule has 18 heavy (non-hydrogen) atoms. The molecule has 0 amide bonds. The van der Waals surface area contributed by atoms with Crippen molar-refractivity contribution in [2.75, 3.05) is 23.9 Å². The Morgan fingerprint density at radius 1 is 1.44 bits per heavy atom. The van der Waals surface area contributed by atoms with Crippen LogP contribution in [0.25, 0.3) is 0 Å². The van der Waals surface area contributed by atoms with Crippen molar-refractivity contribution in [3.63, 3.8) is 0 Å². The van der Waals surface area contributed by atoms with E-state index in [0.717, 1.165) is 19.4 Å². The molecule has 0 aromatic carbocycles. The quantitative estimate of drug-likeness (QED) is 0.706. The fourth-order valence-corrected chi connectivity index (χ4v) is 2.01. The molecular weight excluding hydrogens is 250 g/mol. The van der Waals surface area contributed by atoms with Crippen LogP contribution < -0.4 is 5.32 Å². The van der Waals surface area contributed by atoms with Gasteiger partial charge in [0.2, 0.25) is 0 Å². The normalized spacial score (nSPS) is 10.3. The minimum absolute atomic E-state index is 0.129. The molecule has 2 N–H and O–H groups in total. The number of hydrogen-bond acceptors (Lipinski definition) is 5. The van der Waals surface area contributed by atoms with Crippen molar-refractivity contribution in [2.45, 2.75) is 26.2 Å². The van der Waals surface area contributed by atoms with Gasteiger partial charge in [-0.25, -0.2) is 14.8 Å². The number of carbonyl (C=O) groups is 1. The summed E-state index contributed by atoms with van der Waals surface area (Å²) in [5, 5.41) is 12.1. The number of rotatable bonds is 8. The second-order valence-corrected chi connectivity index (χ2v) is 4.95. The van der Waals surface area contributed by atoms with Gasteiger partial charge in [-0.2, -0.15) is 11.8 Å². The Hall–Kier alpha value is -1.30. The summed E-state index contributed by atoms with van der Waals surface area (Å²) in [6.07, 6.45) is 6.79. The first-order valence-corrected chi connectivity index (χ1v) is 7.34. The molecule has 0 unspecified atom stereocenters. The standard InChI is InChI=1S/C12H19N3O2S/c1-9-14-8-10(12(16)17)11(15-9)13-6-4-3-5-7-18-2/h8H,3-7H2,1-2H3,(H,16,17)(H,13,14,15). The first-order valence-electron chi connectivity index (χ1n) is 5.95. The fourth-order valence-electron chi connectivity index (χ4n) is 1.52. The highest BCUT2D eigenvalue weighted by atomic mass is 32.2. The topological polar surface area (TPSA) is 75.1 Å². The lowest BCUT2D eigenvalue weighted by Crippen LogP contribution is -2.11. The van der Waals surface area contributed by atoms with Crippen LogP contribution in [0.15, 0.2) is 6.20 Å². The maximum absolute atomic E-state index is 11.0. The molecule has 0 radical (unpaired) electrons. The lowest BCUT2D eigenvalue weighted by atomic mass is 10.2. The monoisotopic (exact) mass is 269 g/mol. The van der Waals surface area contributed by atoms with Crippen molar-refractivity contribution in [2.24, 2.45) is 0 Å². The van der Waals surface area contributed by atoms with Crippen LogP contribution in [0, 0.1) is 6.92 Å². The van der Waals surface area contributed by atoms with Gasteiger partial charge in [-0.15, -0.1) is 0 Å². The van der Waals surface area contributed by atoms with Crippen LogP contribution in [0.3, 0.4) is 0 Å². The minimum Gasteiger partial charge on any atom is -0.477 e. The average Bonchev–Trinajstić information content (AvgIpc) is 2.33. The van der Waals surface area contributed by atoms with Crippen molar-refractivity contribution >= 4 is 23.5 Å². The van der Waals surface area contributed by atoms with Gasteiger partial charge in [0, 0.05) is 12.7 Å². The highest BCUT2D eigenvalue weighted by Gasteiger charge is 2.11. The largest absolute Gasteiger partial charge is 0.477 e. The average molecular weight is 269 g/mol. The van der Waals surface area contributed by atoms with Crippen LogP contribution >= 0.6 is 11.8 Å². The number of hydrogen-bond donors (Lipinski definition) is 2. The Balaban J connectivity index is 2.45. The molecule has 1 rings (SSSR count). The molecule has 6 heteroatoms. The van der Waals surface area contributed by atoms with E-state index in [1.807, 2.05) is 11.8 Å². The highest BCUT2D eigenvalue weighted by molar-refractivity contribution is 7.98. The number of nitrogens with one attached hydrogen (secondary N) is 1. The Kier molecular flexibility index (Phi) is 6.49. The summed E-state index contributed by atoms with van der Waals surface area (Å²) in [5.41, 5.74) is 0.129. The number of thioether (sulfide) groups is 1. The van der Waals surface area contributed by atoms with E-state index in [-0.39, 0.29) is 5.56 Å². The number of anilines is 1. The summed E-state index contributed by atoms with van der Waals surface area (Å²) in [4.78, 5) is 19.0. The molecule has 0 fully saturated rings. The van der Waals surface area contributed by atoms with E-state index in [0.29, 0.717) is 11.6 Å². The molecule has 0 bridgehead atoms. The van der Waals surface area contributed by atoms with E-state index in [4.69, 9.17) is 5.11 Å². The smallest absolute Gasteiger partial charge is 0.341 e. The minimum atomic E-state index is -1.00. The SMILES string of the molecule is CSCCCCCNc1nc(C)ncc1C(=O)O. The van der Waals surface area contributed by atoms with E-state index in [1.165, 1.54) is 18.4 Å². The Morgan fingerprint density at radius 2 is 2.22 bits per heavy atom. The first kappa shape index (κ1) is 14.8. The predicted octanol–water partition coefficient (Wildman–Crippen LogP) is 2.43. The molecule has 1 heterocycles. The molecule has 5 nitrogen and oxygen atoms in total. The third-order valence-corrected chi connectivity index (χ3v) is 3.15. The van der Waals surface area contributed by atoms with Gasteiger partial charge in [-0.05, 0) is 31.8 Å². The van der Waals surface area contributed by atoms with Crippen molar-refractivity contribution in [3.8, 4) is 0 Å². The summed E-state index contributed by atoms with van der Waals surface area (Å²) in [6.45, 7) is 2.49. The van der Waals surface area contributed by atoms with Crippen molar-refractivity contribution in [1.82, 2.24) is 9.97 Å². The first-order chi connectivity index (χ1) is 8.65. The van der Waals surface area contributed by atoms with Gasteiger partial charge in [0.25, 0.3) is 0 Å². The van der Waals surface area contributed by atoms with E-state index < -0.39 is 5.97 Å². The summed E-state index contributed by atoms with van der Waals surface area (Å²) in [7, 11) is 0. The van der Waals surface area contributed by atoms with Gasteiger partial charge in [0.05, 0.1) is 0 Å². The zero-order valence-corrected chi connectivity index (χ0v) is 11.6. The summed E-state index contributed by atoms with van der Waals surface area (Å²) >= 11 is 1.85. The molecule has 0 saturated carbocycles. The zero-order valence-electron chi connectivity index (χ0n) is 10.8. The van der Waals surface area contributed by atoms with E-state index in [2.05, 4.69) is 21.5 Å². The number of aryl methyl sites for hydroxylation is 1. The number of nitrogens with zero attached hydrogens (tertiary/aromatic N) is 2. The molecule has 0 saturated heterocycles. The van der Waals surface area contributed by atoms with Gasteiger partial charge in [-0.3, -0.25) is 0 Å². The fraction of sp³-hybridized carbons (Fsp3) is 0.583. The number of aromatic carboxylic acids is 1. The number of carboxylic acids is 1. The number of carboxylic acid groups (broad SMARTS) is 1. The van der Waals surface area contributed by atoms with Crippen LogP contribution in [0.1, 0.15) is 35.4 Å². The van der Waals surface area contributed by atoms with Crippen LogP contribution in [0.5, 0.6) is 0 Å². The van der Waals surface area contributed by atoms with Crippen LogP contribution in [0.2, 0.25) is 0 Å². The van der Waals surface area contributed by atoms with E-state index in [9.17, 15) is 4.79 Å². The summed E-state index contributed by atoms with van der Waals surface area (Å²) in [5.74, 6) is 1.16. The lowest BCUT2D eigenvalue weighted by Gasteiger charge is -2.08. The molecule has 0 aliphatic heterocycles. The van der Waals surface area contributed by atoms with Crippen molar-refractivity contribution in [1.29, 1.82) is 0 Å². The van der Waals surface area contributed by atoms with Crippen molar-refractivity contribution in [3.05, 3.63) is 17.6 Å². The van der Waals surface area contributed by atoms with Gasteiger partial charge in [0.15, 0.2) is 0 Å². The van der Waals surface area contributed by atoms with E-state index in [1.54, 1.807) is 6.92 Å². The Bertz CT molecular complexity index is 399. The van der Waals surface area contributed by atoms with Gasteiger partial charge >= 0.3 is 5.97 Å². The van der Waals surface area contributed by atoms with Crippen LogP contribution in [-0.2, 0) is 0 Å². The second-order valence-electron chi connectivity index (χ2n) is 3.96. The van der Waals surface area contributed by atoms with Gasteiger partial charge < -0.3 is 10.4 Å². The van der Waals surface area contributed by atoms with Crippen LogP contribution in [0.4, 0.5) is 5.82 Å². The molecule has 1 aromatic rings. The predicted molar refractivity (Wildman–Crippen MR) is 74.5 cm³/mol. The van der Waals surface area contributed by atoms with Crippen molar-refractivity contribution < 1.29 is 9.90 Å². The molecule has 100 valence electrons. The zero-order chi connectivity index (χ0) is 13.4. The maximum Gasteiger partial charge on any atom is 0.341 e. The molecule has 1 aromatic heterocycles. The van der Waals surface area contributed by atoms with E-state index >= 15 is 0 Å². The highest BCUT2D eigenvalue weighted by Crippen LogP contribution is 2.12. The molecule has 0 spiro atoms. The molecule has 0 aliphatic rings. The third kappa shape index (κ3) is 4.91. The maximum atomic E-state index is 11.0. The lowest BCUT2D eigenvalue weighted by molar-refractivity contribution is 0.0697. The van der Waals surface area contributed by atoms with Gasteiger partial charge in [-0.1, -0.05) is 6.42 Å². The number of unbranched alkanes of at least 4 members (excludes halogenated alkanes) is 2. The molecule has 0 atom stereocenters.